The summed E-state index contributed by atoms with van der Waals surface area (Å²) in [7, 11) is 1.95. The van der Waals surface area contributed by atoms with Crippen LogP contribution in [0.1, 0.15) is 70.0 Å². The number of hydrogen-bond donors (Lipinski definition) is 4. The Bertz CT molecular complexity index is 836. The van der Waals surface area contributed by atoms with Crippen LogP contribution in [0.3, 0.4) is 0 Å². The van der Waals surface area contributed by atoms with Gasteiger partial charge in [0.1, 0.15) is 0 Å². The minimum Gasteiger partial charge on any atom is -0.465 e. The van der Waals surface area contributed by atoms with Gasteiger partial charge in [-0.15, -0.1) is 0 Å². The molecule has 4 unspecified atom stereocenters. The van der Waals surface area contributed by atoms with E-state index < -0.39 is 6.09 Å². The van der Waals surface area contributed by atoms with Gasteiger partial charge in [-0.25, -0.2) is 9.59 Å². The molecule has 1 saturated carbocycles. The second-order valence-electron chi connectivity index (χ2n) is 10.3. The molecule has 3 rings (SSSR count). The summed E-state index contributed by atoms with van der Waals surface area (Å²) >= 11 is 6.26. The topological polar surface area (TPSA) is 103 Å². The van der Waals surface area contributed by atoms with E-state index >= 15 is 0 Å². The number of carbonyl (C=O) groups is 2. The number of carboxylic acid groups (broad SMARTS) is 1. The Hall–Kier alpha value is -2.03. The molecule has 1 aromatic rings. The van der Waals surface area contributed by atoms with Crippen LogP contribution in [-0.4, -0.2) is 67.5 Å². The summed E-state index contributed by atoms with van der Waals surface area (Å²) in [5.74, 6) is 0.764. The lowest BCUT2D eigenvalue weighted by Gasteiger charge is -2.38. The Morgan fingerprint density at radius 2 is 1.97 bits per heavy atom. The summed E-state index contributed by atoms with van der Waals surface area (Å²) in [6.07, 6.45) is 7.89. The number of amides is 3. The summed E-state index contributed by atoms with van der Waals surface area (Å²) in [6, 6.07) is 7.86. The number of carbonyl (C=O) groups excluding carboxylic acids is 1. The van der Waals surface area contributed by atoms with E-state index in [1.54, 1.807) is 0 Å². The molecule has 0 aromatic heterocycles. The number of likely N-dealkylation sites (N-methyl/N-ethyl adjacent to an activating group) is 1. The van der Waals surface area contributed by atoms with Crippen LogP contribution in [0.25, 0.3) is 0 Å². The fourth-order valence-corrected chi connectivity index (χ4v) is 5.79. The van der Waals surface area contributed by atoms with Crippen LogP contribution in [0.5, 0.6) is 0 Å². The molecule has 0 radical (unpaired) electrons. The van der Waals surface area contributed by atoms with Gasteiger partial charge in [-0.3, -0.25) is 0 Å². The molecule has 0 spiro atoms. The minimum atomic E-state index is -1.07. The third-order valence-corrected chi connectivity index (χ3v) is 7.94. The maximum Gasteiger partial charge on any atom is 0.404 e. The van der Waals surface area contributed by atoms with Crippen molar-refractivity contribution in [3.8, 4) is 0 Å². The molecule has 8 nitrogen and oxygen atoms in total. The van der Waals surface area contributed by atoms with Gasteiger partial charge in [0.25, 0.3) is 0 Å². The van der Waals surface area contributed by atoms with E-state index in [2.05, 4.69) is 22.9 Å². The first kappa shape index (κ1) is 28.5. The molecule has 4 atom stereocenters. The van der Waals surface area contributed by atoms with E-state index in [1.165, 1.54) is 32.1 Å². The molecule has 1 aliphatic heterocycles. The number of hydrogen-bond acceptors (Lipinski definition) is 4. The number of halogens is 1. The summed E-state index contributed by atoms with van der Waals surface area (Å²) in [4.78, 5) is 26.2. The second kappa shape index (κ2) is 14.6. The van der Waals surface area contributed by atoms with E-state index in [9.17, 15) is 9.59 Å². The van der Waals surface area contributed by atoms with Crippen molar-refractivity contribution >= 4 is 23.7 Å². The molecule has 3 amide bonds. The zero-order valence-electron chi connectivity index (χ0n) is 21.7. The second-order valence-corrected chi connectivity index (χ2v) is 10.7. The third-order valence-electron chi connectivity index (χ3n) is 7.71. The van der Waals surface area contributed by atoms with Crippen molar-refractivity contribution in [1.29, 1.82) is 0 Å². The molecule has 9 heteroatoms. The molecule has 202 valence electrons. The Balaban J connectivity index is 1.65. The number of nitrogens with zero attached hydrogens (tertiary/aromatic N) is 1. The van der Waals surface area contributed by atoms with Gasteiger partial charge in [0.15, 0.2) is 0 Å². The van der Waals surface area contributed by atoms with Gasteiger partial charge in [-0.05, 0) is 56.8 Å². The van der Waals surface area contributed by atoms with Crippen molar-refractivity contribution < 1.29 is 19.4 Å². The predicted octanol–water partition coefficient (Wildman–Crippen LogP) is 5.03. The van der Waals surface area contributed by atoms with Crippen molar-refractivity contribution in [2.45, 2.75) is 76.5 Å². The average Bonchev–Trinajstić information content (AvgIpc) is 2.88. The highest BCUT2D eigenvalue weighted by molar-refractivity contribution is 6.30. The Labute approximate surface area is 220 Å². The molecule has 1 heterocycles. The molecular weight excluding hydrogens is 480 g/mol. The summed E-state index contributed by atoms with van der Waals surface area (Å²) in [5, 5.41) is 18.5. The van der Waals surface area contributed by atoms with Crippen LogP contribution in [0.15, 0.2) is 24.3 Å². The quantitative estimate of drug-likeness (QED) is 0.305. The Kier molecular flexibility index (Phi) is 11.6. The predicted molar refractivity (Wildman–Crippen MR) is 143 cm³/mol. The van der Waals surface area contributed by atoms with Crippen LogP contribution in [-0.2, 0) is 4.74 Å². The molecule has 1 aromatic carbocycles. The molecule has 0 bridgehead atoms. The van der Waals surface area contributed by atoms with Crippen LogP contribution in [0.2, 0.25) is 5.02 Å². The van der Waals surface area contributed by atoms with Crippen LogP contribution in [0.4, 0.5) is 9.59 Å². The zero-order valence-corrected chi connectivity index (χ0v) is 22.4. The van der Waals surface area contributed by atoms with Gasteiger partial charge < -0.3 is 30.7 Å². The average molecular weight is 523 g/mol. The van der Waals surface area contributed by atoms with Crippen molar-refractivity contribution in [3.05, 3.63) is 34.9 Å². The molecule has 4 N–H and O–H groups in total. The van der Waals surface area contributed by atoms with E-state index in [1.807, 2.05) is 36.2 Å². The van der Waals surface area contributed by atoms with Crippen LogP contribution >= 0.6 is 11.6 Å². The van der Waals surface area contributed by atoms with Gasteiger partial charge in [-0.1, -0.05) is 55.8 Å². The normalized spacial score (nSPS) is 21.4. The van der Waals surface area contributed by atoms with Gasteiger partial charge in [0, 0.05) is 42.7 Å². The molecular formula is C27H43ClN4O4. The van der Waals surface area contributed by atoms with E-state index in [4.69, 9.17) is 21.4 Å². The highest BCUT2D eigenvalue weighted by Gasteiger charge is 2.33. The van der Waals surface area contributed by atoms with Gasteiger partial charge >= 0.3 is 12.1 Å². The Morgan fingerprint density at radius 3 is 2.67 bits per heavy atom. The third kappa shape index (κ3) is 8.82. The lowest BCUT2D eigenvalue weighted by Crippen LogP contribution is -2.54. The summed E-state index contributed by atoms with van der Waals surface area (Å²) in [6.45, 7) is 3.89. The van der Waals surface area contributed by atoms with E-state index in [0.717, 1.165) is 31.4 Å². The Morgan fingerprint density at radius 1 is 1.19 bits per heavy atom. The number of rotatable bonds is 11. The van der Waals surface area contributed by atoms with Crippen molar-refractivity contribution in [2.24, 2.45) is 11.8 Å². The van der Waals surface area contributed by atoms with E-state index in [0.29, 0.717) is 17.5 Å². The highest BCUT2D eigenvalue weighted by Crippen LogP contribution is 2.34. The van der Waals surface area contributed by atoms with Crippen molar-refractivity contribution in [2.75, 3.05) is 33.3 Å². The fraction of sp³-hybridized carbons (Fsp3) is 0.704. The van der Waals surface area contributed by atoms with Crippen LogP contribution in [0, 0.1) is 11.8 Å². The molecule has 2 aliphatic rings. The first-order valence-electron chi connectivity index (χ1n) is 13.4. The van der Waals surface area contributed by atoms with Gasteiger partial charge in [-0.2, -0.15) is 0 Å². The maximum absolute atomic E-state index is 13.4. The summed E-state index contributed by atoms with van der Waals surface area (Å²) < 4.78 is 6.19. The fourth-order valence-electron chi connectivity index (χ4n) is 5.59. The van der Waals surface area contributed by atoms with Gasteiger partial charge in [0.2, 0.25) is 0 Å². The molecule has 1 saturated heterocycles. The number of likely N-dealkylation sites (tertiary alicyclic amines) is 1. The lowest BCUT2D eigenvalue weighted by atomic mass is 9.83. The van der Waals surface area contributed by atoms with Crippen molar-refractivity contribution in [3.63, 3.8) is 0 Å². The van der Waals surface area contributed by atoms with Gasteiger partial charge in [0.05, 0.1) is 12.7 Å². The largest absolute Gasteiger partial charge is 0.465 e. The highest BCUT2D eigenvalue weighted by atomic mass is 35.5. The molecule has 36 heavy (non-hydrogen) atoms. The number of urea groups is 1. The van der Waals surface area contributed by atoms with Crippen molar-refractivity contribution in [1.82, 2.24) is 20.9 Å². The number of piperidine rings is 1. The lowest BCUT2D eigenvalue weighted by molar-refractivity contribution is -0.00857. The summed E-state index contributed by atoms with van der Waals surface area (Å²) in [5.41, 5.74) is 0.948. The molecule has 1 aliphatic carbocycles. The SMILES string of the molecule is CNC(C)C(CC1CCCCC1)NC(=O)N1CCCC(C(OCCNC(=O)O)c2cccc(Cl)c2)C1. The molecule has 2 fully saturated rings. The number of nitrogens with one attached hydrogen (secondary N) is 3. The standard InChI is InChI=1S/C27H43ClN4O4/c1-19(29-2)24(16-20-8-4-3-5-9-20)31-26(33)32-14-7-11-22(18-32)25(36-15-13-30-27(34)35)21-10-6-12-23(28)17-21/h6,10,12,17,19-20,22,24-25,29-30H,3-5,7-9,11,13-16,18H2,1-2H3,(H,31,33)(H,34,35). The number of ether oxygens (including phenoxy) is 1. The maximum atomic E-state index is 13.4. The minimum absolute atomic E-state index is 0.0139. The number of benzene rings is 1. The van der Waals surface area contributed by atoms with Crippen LogP contribution < -0.4 is 16.0 Å². The zero-order chi connectivity index (χ0) is 25.9. The smallest absolute Gasteiger partial charge is 0.404 e. The first-order valence-corrected chi connectivity index (χ1v) is 13.8. The monoisotopic (exact) mass is 522 g/mol. The first-order chi connectivity index (χ1) is 17.4. The van der Waals surface area contributed by atoms with E-state index in [-0.39, 0.29) is 43.3 Å².